The average Bonchev–Trinajstić information content (AvgIpc) is 1.98. The summed E-state index contributed by atoms with van der Waals surface area (Å²) >= 11 is 5.47. The van der Waals surface area contributed by atoms with E-state index in [1.165, 1.54) is 19.3 Å². The third-order valence-electron chi connectivity index (χ3n) is 2.35. The molecule has 1 amide bonds. The summed E-state index contributed by atoms with van der Waals surface area (Å²) in [5.74, 6) is 1.49. The maximum Gasteiger partial charge on any atom is 0.220 e. The normalized spacial score (nSPS) is 17.1. The van der Waals surface area contributed by atoms with Crippen LogP contribution in [0.2, 0.25) is 0 Å². The Kier molecular flexibility index (Phi) is 4.44. The maximum atomic E-state index is 11.1. The van der Waals surface area contributed by atoms with Crippen molar-refractivity contribution < 1.29 is 4.79 Å². The Balaban J connectivity index is 1.94. The number of amides is 1. The molecule has 0 heterocycles. The minimum absolute atomic E-state index is 0.155. The van der Waals surface area contributed by atoms with Crippen molar-refractivity contribution in [3.05, 3.63) is 0 Å². The first kappa shape index (κ1) is 9.85. The highest BCUT2D eigenvalue weighted by Crippen LogP contribution is 2.25. The van der Waals surface area contributed by atoms with Crippen LogP contribution in [-0.2, 0) is 4.79 Å². The molecule has 0 bridgehead atoms. The van der Waals surface area contributed by atoms with Gasteiger partial charge in [0.2, 0.25) is 5.91 Å². The van der Waals surface area contributed by atoms with E-state index in [2.05, 4.69) is 5.32 Å². The Morgan fingerprint density at radius 1 is 1.50 bits per heavy atom. The number of halogens is 1. The summed E-state index contributed by atoms with van der Waals surface area (Å²) in [6.07, 6.45) is 5.28. The molecule has 0 aliphatic heterocycles. The van der Waals surface area contributed by atoms with Gasteiger partial charge in [0, 0.05) is 18.8 Å². The number of nitrogens with one attached hydrogen (secondary N) is 1. The van der Waals surface area contributed by atoms with Crippen molar-refractivity contribution in [2.45, 2.75) is 32.1 Å². The van der Waals surface area contributed by atoms with Gasteiger partial charge in [0.05, 0.1) is 0 Å². The second-order valence-electron chi connectivity index (χ2n) is 3.39. The summed E-state index contributed by atoms with van der Waals surface area (Å²) < 4.78 is 0. The van der Waals surface area contributed by atoms with Gasteiger partial charge >= 0.3 is 0 Å². The summed E-state index contributed by atoms with van der Waals surface area (Å²) in [5.41, 5.74) is 0. The third-order valence-corrected chi connectivity index (χ3v) is 2.62. The lowest BCUT2D eigenvalue weighted by Gasteiger charge is -2.25. The van der Waals surface area contributed by atoms with Crippen LogP contribution in [-0.4, -0.2) is 18.3 Å². The molecule has 1 N–H and O–H groups in total. The van der Waals surface area contributed by atoms with Gasteiger partial charge in [-0.15, -0.1) is 11.6 Å². The lowest BCUT2D eigenvalue weighted by atomic mass is 9.85. The van der Waals surface area contributed by atoms with Crippen molar-refractivity contribution in [1.82, 2.24) is 5.32 Å². The first-order valence-corrected chi connectivity index (χ1v) is 5.19. The van der Waals surface area contributed by atoms with Gasteiger partial charge in [-0.3, -0.25) is 4.79 Å². The molecule has 0 atom stereocenters. The number of hydrogen-bond acceptors (Lipinski definition) is 1. The molecular formula is C9H16ClNO. The lowest BCUT2D eigenvalue weighted by Crippen LogP contribution is -2.31. The highest BCUT2D eigenvalue weighted by Gasteiger charge is 2.17. The Hall–Kier alpha value is -0.240. The van der Waals surface area contributed by atoms with E-state index in [9.17, 15) is 4.79 Å². The highest BCUT2D eigenvalue weighted by atomic mass is 35.5. The molecule has 0 aromatic heterocycles. The molecular weight excluding hydrogens is 174 g/mol. The predicted molar refractivity (Wildman–Crippen MR) is 50.3 cm³/mol. The summed E-state index contributed by atoms with van der Waals surface area (Å²) in [4.78, 5) is 11.1. The first-order chi connectivity index (χ1) is 5.83. The molecule has 1 saturated carbocycles. The summed E-state index contributed by atoms with van der Waals surface area (Å²) in [5, 5.41) is 2.92. The smallest absolute Gasteiger partial charge is 0.220 e. The zero-order valence-corrected chi connectivity index (χ0v) is 8.07. The van der Waals surface area contributed by atoms with Gasteiger partial charge in [0.25, 0.3) is 0 Å². The zero-order valence-electron chi connectivity index (χ0n) is 7.31. The van der Waals surface area contributed by atoms with Gasteiger partial charge in [0.15, 0.2) is 0 Å². The number of rotatable bonds is 5. The van der Waals surface area contributed by atoms with Crippen LogP contribution in [0.15, 0.2) is 0 Å². The molecule has 0 aromatic carbocycles. The minimum atomic E-state index is 0.155. The van der Waals surface area contributed by atoms with Crippen molar-refractivity contribution in [3.63, 3.8) is 0 Å². The van der Waals surface area contributed by atoms with E-state index in [1.807, 2.05) is 0 Å². The van der Waals surface area contributed by atoms with E-state index < -0.39 is 0 Å². The number of alkyl halides is 1. The monoisotopic (exact) mass is 189 g/mol. The van der Waals surface area contributed by atoms with Crippen molar-refractivity contribution in [1.29, 1.82) is 0 Å². The standard InChI is InChI=1S/C9H16ClNO/c10-6-2-5-9(12)11-7-8-3-1-4-8/h8H,1-7H2,(H,11,12). The molecule has 1 rings (SSSR count). The summed E-state index contributed by atoms with van der Waals surface area (Å²) in [6, 6.07) is 0. The van der Waals surface area contributed by atoms with E-state index in [4.69, 9.17) is 11.6 Å². The Labute approximate surface area is 78.7 Å². The molecule has 1 fully saturated rings. The second-order valence-corrected chi connectivity index (χ2v) is 3.77. The lowest BCUT2D eigenvalue weighted by molar-refractivity contribution is -0.121. The Bertz CT molecular complexity index is 145. The van der Waals surface area contributed by atoms with E-state index in [0.29, 0.717) is 12.3 Å². The molecule has 0 unspecified atom stereocenters. The topological polar surface area (TPSA) is 29.1 Å². The average molecular weight is 190 g/mol. The quantitative estimate of drug-likeness (QED) is 0.658. The van der Waals surface area contributed by atoms with Crippen molar-refractivity contribution in [3.8, 4) is 0 Å². The Morgan fingerprint density at radius 3 is 2.75 bits per heavy atom. The van der Waals surface area contributed by atoms with Crippen LogP contribution >= 0.6 is 11.6 Å². The number of carbonyl (C=O) groups is 1. The van der Waals surface area contributed by atoms with Crippen molar-refractivity contribution in [2.24, 2.45) is 5.92 Å². The van der Waals surface area contributed by atoms with Crippen LogP contribution in [0.5, 0.6) is 0 Å². The Morgan fingerprint density at radius 2 is 2.25 bits per heavy atom. The van der Waals surface area contributed by atoms with Crippen LogP contribution in [0.25, 0.3) is 0 Å². The second kappa shape index (κ2) is 5.41. The highest BCUT2D eigenvalue weighted by molar-refractivity contribution is 6.17. The fraction of sp³-hybridized carbons (Fsp3) is 0.889. The van der Waals surface area contributed by atoms with Gasteiger partial charge in [-0.05, 0) is 25.2 Å². The van der Waals surface area contributed by atoms with Gasteiger partial charge in [-0.25, -0.2) is 0 Å². The molecule has 0 saturated heterocycles. The van der Waals surface area contributed by atoms with Gasteiger partial charge < -0.3 is 5.32 Å². The van der Waals surface area contributed by atoms with Crippen molar-refractivity contribution >= 4 is 17.5 Å². The van der Waals surface area contributed by atoms with Crippen LogP contribution in [0.4, 0.5) is 0 Å². The van der Waals surface area contributed by atoms with Crippen LogP contribution in [0.1, 0.15) is 32.1 Å². The fourth-order valence-corrected chi connectivity index (χ4v) is 1.40. The first-order valence-electron chi connectivity index (χ1n) is 4.65. The van der Waals surface area contributed by atoms with Crippen LogP contribution < -0.4 is 5.32 Å². The molecule has 1 aliphatic carbocycles. The van der Waals surface area contributed by atoms with Crippen LogP contribution in [0, 0.1) is 5.92 Å². The summed E-state index contributed by atoms with van der Waals surface area (Å²) in [7, 11) is 0. The van der Waals surface area contributed by atoms with E-state index in [1.54, 1.807) is 0 Å². The molecule has 3 heteroatoms. The SMILES string of the molecule is O=C(CCCCl)NCC1CCC1. The molecule has 1 aliphatic rings. The largest absolute Gasteiger partial charge is 0.356 e. The molecule has 0 aromatic rings. The van der Waals surface area contributed by atoms with Crippen LogP contribution in [0.3, 0.4) is 0 Å². The minimum Gasteiger partial charge on any atom is -0.356 e. The van der Waals surface area contributed by atoms with Gasteiger partial charge in [-0.1, -0.05) is 6.42 Å². The molecule has 2 nitrogen and oxygen atoms in total. The van der Waals surface area contributed by atoms with E-state index >= 15 is 0 Å². The van der Waals surface area contributed by atoms with Crippen molar-refractivity contribution in [2.75, 3.05) is 12.4 Å². The predicted octanol–water partition coefficient (Wildman–Crippen LogP) is 1.92. The molecule has 0 spiro atoms. The van der Waals surface area contributed by atoms with Gasteiger partial charge in [-0.2, -0.15) is 0 Å². The molecule has 0 radical (unpaired) electrons. The fourth-order valence-electron chi connectivity index (χ4n) is 1.27. The molecule has 12 heavy (non-hydrogen) atoms. The van der Waals surface area contributed by atoms with E-state index in [-0.39, 0.29) is 5.91 Å². The summed E-state index contributed by atoms with van der Waals surface area (Å²) in [6.45, 7) is 0.876. The zero-order chi connectivity index (χ0) is 8.81. The van der Waals surface area contributed by atoms with Gasteiger partial charge in [0.1, 0.15) is 0 Å². The van der Waals surface area contributed by atoms with E-state index in [0.717, 1.165) is 18.9 Å². The number of hydrogen-bond donors (Lipinski definition) is 1. The maximum absolute atomic E-state index is 11.1. The number of carbonyl (C=O) groups excluding carboxylic acids is 1. The molecule has 70 valence electrons. The third kappa shape index (κ3) is 3.44.